The molecule has 4 nitrogen and oxygen atoms in total. The predicted octanol–water partition coefficient (Wildman–Crippen LogP) is 3.19. The van der Waals surface area contributed by atoms with E-state index in [0.717, 1.165) is 30.8 Å². The van der Waals surface area contributed by atoms with Gasteiger partial charge in [0.2, 0.25) is 5.89 Å². The predicted molar refractivity (Wildman–Crippen MR) is 77.0 cm³/mol. The van der Waals surface area contributed by atoms with Gasteiger partial charge in [0, 0.05) is 11.2 Å². The van der Waals surface area contributed by atoms with Gasteiger partial charge in [-0.25, -0.2) is 0 Å². The molecule has 1 aromatic rings. The molecule has 1 aliphatic rings. The number of nitrogens with zero attached hydrogens (tertiary/aromatic N) is 2. The van der Waals surface area contributed by atoms with Gasteiger partial charge in [-0.3, -0.25) is 0 Å². The van der Waals surface area contributed by atoms with Crippen LogP contribution in [0.25, 0.3) is 0 Å². The van der Waals surface area contributed by atoms with Gasteiger partial charge in [0.1, 0.15) is 0 Å². The van der Waals surface area contributed by atoms with Gasteiger partial charge in [-0.05, 0) is 18.8 Å². The number of hydrogen-bond acceptors (Lipinski definition) is 5. The Morgan fingerprint density at radius 1 is 1.32 bits per heavy atom. The highest BCUT2D eigenvalue weighted by Gasteiger charge is 2.25. The monoisotopic (exact) mass is 284 g/mol. The van der Waals surface area contributed by atoms with Gasteiger partial charge in [0.15, 0.2) is 5.82 Å². The van der Waals surface area contributed by atoms with E-state index in [-0.39, 0.29) is 16.8 Å². The van der Waals surface area contributed by atoms with E-state index in [1.807, 2.05) is 11.8 Å². The fourth-order valence-electron chi connectivity index (χ4n) is 2.36. The Labute approximate surface area is 119 Å². The molecule has 0 radical (unpaired) electrons. The highest BCUT2D eigenvalue weighted by Crippen LogP contribution is 2.28. The Bertz CT molecular complexity index is 400. The lowest BCUT2D eigenvalue weighted by Gasteiger charge is -2.26. The zero-order valence-electron chi connectivity index (χ0n) is 12.1. The summed E-state index contributed by atoms with van der Waals surface area (Å²) in [6.45, 7) is 6.53. The molecule has 0 aliphatic heterocycles. The molecule has 1 aliphatic carbocycles. The molecule has 0 amide bonds. The van der Waals surface area contributed by atoms with Crippen LogP contribution >= 0.6 is 11.8 Å². The highest BCUT2D eigenvalue weighted by molar-refractivity contribution is 7.99. The van der Waals surface area contributed by atoms with Crippen LogP contribution in [0.4, 0.5) is 0 Å². The maximum atomic E-state index is 9.95. The Kier molecular flexibility index (Phi) is 4.90. The van der Waals surface area contributed by atoms with Gasteiger partial charge < -0.3 is 9.63 Å². The van der Waals surface area contributed by atoms with Crippen molar-refractivity contribution in [3.63, 3.8) is 0 Å². The molecule has 0 aromatic carbocycles. The van der Waals surface area contributed by atoms with Gasteiger partial charge in [-0.15, -0.1) is 11.8 Å². The molecule has 1 N–H and O–H groups in total. The van der Waals surface area contributed by atoms with E-state index in [9.17, 15) is 5.11 Å². The Hall–Kier alpha value is -0.550. The molecular weight excluding hydrogens is 260 g/mol. The van der Waals surface area contributed by atoms with E-state index in [1.165, 1.54) is 6.42 Å². The van der Waals surface area contributed by atoms with Crippen LogP contribution in [0.2, 0.25) is 0 Å². The van der Waals surface area contributed by atoms with Crippen LogP contribution in [0.5, 0.6) is 0 Å². The molecule has 108 valence electrons. The molecule has 2 atom stereocenters. The second-order valence-electron chi connectivity index (χ2n) is 6.32. The summed E-state index contributed by atoms with van der Waals surface area (Å²) in [5.74, 6) is 2.51. The molecule has 1 aromatic heterocycles. The lowest BCUT2D eigenvalue weighted by Crippen LogP contribution is -2.26. The third-order valence-corrected chi connectivity index (χ3v) is 4.72. The third-order valence-electron chi connectivity index (χ3n) is 3.45. The van der Waals surface area contributed by atoms with Crippen LogP contribution in [-0.4, -0.2) is 26.1 Å². The van der Waals surface area contributed by atoms with E-state index >= 15 is 0 Å². The van der Waals surface area contributed by atoms with Crippen LogP contribution < -0.4 is 0 Å². The van der Waals surface area contributed by atoms with Gasteiger partial charge in [-0.1, -0.05) is 38.8 Å². The number of thioether (sulfide) groups is 1. The molecule has 5 heteroatoms. The van der Waals surface area contributed by atoms with Crippen molar-refractivity contribution in [2.75, 3.05) is 0 Å². The van der Waals surface area contributed by atoms with Crippen molar-refractivity contribution < 1.29 is 9.63 Å². The van der Waals surface area contributed by atoms with Crippen LogP contribution in [0.15, 0.2) is 4.52 Å². The largest absolute Gasteiger partial charge is 0.393 e. The molecule has 2 rings (SSSR count). The second-order valence-corrected chi connectivity index (χ2v) is 8.12. The van der Waals surface area contributed by atoms with Gasteiger partial charge in [0.25, 0.3) is 0 Å². The number of aliphatic hydroxyl groups excluding tert-OH is 1. The maximum Gasteiger partial charge on any atom is 0.227 e. The first-order valence-corrected chi connectivity index (χ1v) is 8.06. The lowest BCUT2D eigenvalue weighted by atomic mass is 9.84. The van der Waals surface area contributed by atoms with E-state index < -0.39 is 0 Å². The van der Waals surface area contributed by atoms with Crippen molar-refractivity contribution in [1.29, 1.82) is 0 Å². The van der Waals surface area contributed by atoms with Crippen LogP contribution in [0.3, 0.4) is 0 Å². The molecule has 19 heavy (non-hydrogen) atoms. The van der Waals surface area contributed by atoms with Gasteiger partial charge in [-0.2, -0.15) is 4.98 Å². The maximum absolute atomic E-state index is 9.95. The molecule has 1 heterocycles. The zero-order chi connectivity index (χ0) is 13.9. The average molecular weight is 284 g/mol. The van der Waals surface area contributed by atoms with E-state index in [4.69, 9.17) is 4.52 Å². The van der Waals surface area contributed by atoms with Gasteiger partial charge in [0.05, 0.1) is 11.9 Å². The average Bonchev–Trinajstić information content (AvgIpc) is 2.77. The summed E-state index contributed by atoms with van der Waals surface area (Å²) in [6, 6.07) is 0. The molecule has 0 spiro atoms. The summed E-state index contributed by atoms with van der Waals surface area (Å²) in [5, 5.41) is 14.0. The van der Waals surface area contributed by atoms with Crippen molar-refractivity contribution in [3.05, 3.63) is 11.7 Å². The van der Waals surface area contributed by atoms with E-state index in [0.29, 0.717) is 12.3 Å². The van der Waals surface area contributed by atoms with Crippen LogP contribution in [0.1, 0.15) is 58.2 Å². The first-order chi connectivity index (χ1) is 8.94. The Morgan fingerprint density at radius 2 is 2.05 bits per heavy atom. The summed E-state index contributed by atoms with van der Waals surface area (Å²) < 4.78 is 5.50. The van der Waals surface area contributed by atoms with Crippen molar-refractivity contribution in [3.8, 4) is 0 Å². The molecule has 1 fully saturated rings. The number of rotatable bonds is 4. The minimum absolute atomic E-state index is 0.201. The summed E-state index contributed by atoms with van der Waals surface area (Å²) in [4.78, 5) is 4.43. The number of aromatic nitrogens is 2. The molecule has 1 saturated carbocycles. The van der Waals surface area contributed by atoms with Crippen molar-refractivity contribution >= 4 is 11.8 Å². The van der Waals surface area contributed by atoms with Crippen molar-refractivity contribution in [2.45, 2.75) is 69.5 Å². The molecular formula is C14H24N2O2S. The van der Waals surface area contributed by atoms with Crippen molar-refractivity contribution in [2.24, 2.45) is 5.92 Å². The summed E-state index contributed by atoms with van der Waals surface area (Å²) in [7, 11) is 0. The minimum atomic E-state index is -0.201. The van der Waals surface area contributed by atoms with Crippen molar-refractivity contribution in [1.82, 2.24) is 10.1 Å². The third kappa shape index (κ3) is 4.80. The Morgan fingerprint density at radius 3 is 2.74 bits per heavy atom. The van der Waals surface area contributed by atoms with E-state index in [2.05, 4.69) is 30.9 Å². The van der Waals surface area contributed by atoms with E-state index in [1.54, 1.807) is 0 Å². The smallest absolute Gasteiger partial charge is 0.227 e. The lowest BCUT2D eigenvalue weighted by molar-refractivity contribution is 0.0657. The summed E-state index contributed by atoms with van der Waals surface area (Å²) >= 11 is 1.81. The van der Waals surface area contributed by atoms with Gasteiger partial charge >= 0.3 is 0 Å². The Balaban J connectivity index is 1.86. The fraction of sp³-hybridized carbons (Fsp3) is 0.857. The second kappa shape index (κ2) is 6.27. The summed E-state index contributed by atoms with van der Waals surface area (Å²) in [5.41, 5.74) is 0. The highest BCUT2D eigenvalue weighted by atomic mass is 32.2. The first-order valence-electron chi connectivity index (χ1n) is 7.07. The molecule has 2 unspecified atom stereocenters. The zero-order valence-corrected chi connectivity index (χ0v) is 12.9. The fourth-order valence-corrected chi connectivity index (χ4v) is 3.04. The number of hydrogen-bond donors (Lipinski definition) is 1. The molecule has 0 saturated heterocycles. The standard InChI is InChI=1S/C14H24N2O2S/c1-14(2,3)19-9-12-15-13(18-16-12)8-10-6-4-5-7-11(10)17/h10-11,17H,4-9H2,1-3H3. The first kappa shape index (κ1) is 14.9. The quantitative estimate of drug-likeness (QED) is 0.920. The topological polar surface area (TPSA) is 59.2 Å². The summed E-state index contributed by atoms with van der Waals surface area (Å²) in [6.07, 6.45) is 4.82. The van der Waals surface area contributed by atoms with Crippen LogP contribution in [0, 0.1) is 5.92 Å². The SMILES string of the molecule is CC(C)(C)SCc1noc(CC2CCCCC2O)n1. The molecule has 0 bridgehead atoms. The number of aliphatic hydroxyl groups is 1. The normalized spacial score (nSPS) is 24.6. The van der Waals surface area contributed by atoms with Crippen LogP contribution in [-0.2, 0) is 12.2 Å². The minimum Gasteiger partial charge on any atom is -0.393 e.